The van der Waals surface area contributed by atoms with Crippen molar-refractivity contribution in [3.8, 4) is 22.5 Å². The molecule has 1 atom stereocenters. The number of hydrogen-bond donors (Lipinski definition) is 1. The average molecular weight is 600 g/mol. The van der Waals surface area contributed by atoms with Crippen LogP contribution >= 0.6 is 0 Å². The smallest absolute Gasteiger partial charge is 0.352 e. The molecule has 1 N–H and O–H groups in total. The topological polar surface area (TPSA) is 48.1 Å². The van der Waals surface area contributed by atoms with E-state index in [1.807, 2.05) is 0 Å². The van der Waals surface area contributed by atoms with Gasteiger partial charge in [-0.25, -0.2) is 9.97 Å². The van der Waals surface area contributed by atoms with Gasteiger partial charge in [0.05, 0.1) is 28.1 Å². The lowest BCUT2D eigenvalue weighted by Crippen LogP contribution is -2.53. The van der Waals surface area contributed by atoms with E-state index in [0.29, 0.717) is 5.56 Å². The van der Waals surface area contributed by atoms with Crippen molar-refractivity contribution in [2.24, 2.45) is 0 Å². The molecule has 0 spiro atoms. The van der Waals surface area contributed by atoms with Gasteiger partial charge < -0.3 is 14.8 Å². The number of aromatic amines is 1. The zero-order chi connectivity index (χ0) is 30.4. The van der Waals surface area contributed by atoms with Crippen LogP contribution in [0, 0.1) is 0 Å². The molecule has 1 aliphatic heterocycles. The van der Waals surface area contributed by atoms with Crippen molar-refractivity contribution in [1.82, 2.24) is 15.0 Å². The van der Waals surface area contributed by atoms with Gasteiger partial charge in [0.1, 0.15) is 5.82 Å². The van der Waals surface area contributed by atoms with Gasteiger partial charge in [-0.3, -0.25) is 0 Å². The zero-order valence-corrected chi connectivity index (χ0v) is 21.7. The van der Waals surface area contributed by atoms with E-state index in [9.17, 15) is 39.5 Å². The number of aromatic nitrogens is 3. The molecule has 0 bridgehead atoms. The molecule has 5 nitrogen and oxygen atoms in total. The Labute approximate surface area is 233 Å². The van der Waals surface area contributed by atoms with Crippen LogP contribution in [0.4, 0.5) is 51.3 Å². The summed E-state index contributed by atoms with van der Waals surface area (Å²) in [5, 5.41) is 0. The van der Waals surface area contributed by atoms with Crippen molar-refractivity contribution >= 4 is 11.8 Å². The summed E-state index contributed by atoms with van der Waals surface area (Å²) in [5.41, 5.74) is -1.54. The summed E-state index contributed by atoms with van der Waals surface area (Å²) in [5.74, 6) is 0.0656. The molecule has 2 aromatic heterocycles. The van der Waals surface area contributed by atoms with Gasteiger partial charge in [0.2, 0.25) is 5.95 Å². The normalized spacial score (nSPS) is 16.7. The van der Waals surface area contributed by atoms with E-state index in [1.54, 1.807) is 11.8 Å². The summed E-state index contributed by atoms with van der Waals surface area (Å²) in [6, 6.07) is 10.2. The summed E-state index contributed by atoms with van der Waals surface area (Å²) in [6.45, 7) is 2.27. The van der Waals surface area contributed by atoms with E-state index in [4.69, 9.17) is 0 Å². The Hall–Kier alpha value is -4.23. The Kier molecular flexibility index (Phi) is 7.35. The molecule has 4 aromatic rings. The minimum absolute atomic E-state index is 0.145. The Morgan fingerprint density at radius 2 is 1.31 bits per heavy atom. The number of nitrogens with one attached hydrogen (secondary N) is 1. The van der Waals surface area contributed by atoms with Crippen LogP contribution in [0.1, 0.15) is 23.6 Å². The Balaban J connectivity index is 1.49. The van der Waals surface area contributed by atoms with Crippen molar-refractivity contribution in [1.29, 1.82) is 0 Å². The van der Waals surface area contributed by atoms with Crippen molar-refractivity contribution in [2.75, 3.05) is 29.4 Å². The third-order valence-electron chi connectivity index (χ3n) is 6.97. The lowest BCUT2D eigenvalue weighted by Gasteiger charge is -2.40. The number of H-pyrrole nitrogens is 1. The number of nitrogens with zero attached hydrogens (tertiary/aromatic N) is 4. The van der Waals surface area contributed by atoms with Gasteiger partial charge in [0, 0.05) is 43.0 Å². The first kappa shape index (κ1) is 29.3. The van der Waals surface area contributed by atoms with Crippen LogP contribution in [0.25, 0.3) is 22.5 Å². The molecule has 1 aliphatic rings. The SMILES string of the molecule is C[C@@H]1CN(c2ncccc2C(F)(F)F)CCN1c1nc(-c2ccc(C(F)(F)F)cc2)c(-c2ccc(C(F)(F)F)cc2)[nH]1. The van der Waals surface area contributed by atoms with Crippen molar-refractivity contribution in [3.05, 3.63) is 83.6 Å². The molecule has 0 unspecified atom stereocenters. The van der Waals surface area contributed by atoms with Gasteiger partial charge >= 0.3 is 18.5 Å². The zero-order valence-electron chi connectivity index (χ0n) is 21.7. The molecule has 0 saturated carbocycles. The molecule has 5 rings (SSSR count). The monoisotopic (exact) mass is 599 g/mol. The van der Waals surface area contributed by atoms with E-state index in [2.05, 4.69) is 15.0 Å². The maximum absolute atomic E-state index is 13.6. The lowest BCUT2D eigenvalue weighted by atomic mass is 10.0. The molecule has 222 valence electrons. The second-order valence-corrected chi connectivity index (χ2v) is 9.79. The molecule has 42 heavy (non-hydrogen) atoms. The first-order chi connectivity index (χ1) is 19.6. The van der Waals surface area contributed by atoms with Crippen molar-refractivity contribution < 1.29 is 39.5 Å². The van der Waals surface area contributed by atoms with Crippen LogP contribution in [-0.4, -0.2) is 40.6 Å². The number of imidazole rings is 1. The number of rotatable bonds is 4. The second-order valence-electron chi connectivity index (χ2n) is 9.79. The number of anilines is 2. The van der Waals surface area contributed by atoms with E-state index in [0.717, 1.165) is 30.3 Å². The maximum atomic E-state index is 13.6. The molecule has 0 amide bonds. The van der Waals surface area contributed by atoms with E-state index >= 15 is 0 Å². The minimum Gasteiger partial charge on any atom is -0.352 e. The Morgan fingerprint density at radius 1 is 0.738 bits per heavy atom. The third kappa shape index (κ3) is 5.88. The fourth-order valence-electron chi connectivity index (χ4n) is 4.89. The van der Waals surface area contributed by atoms with Crippen molar-refractivity contribution in [2.45, 2.75) is 31.5 Å². The van der Waals surface area contributed by atoms with Gasteiger partial charge in [-0.15, -0.1) is 0 Å². The highest BCUT2D eigenvalue weighted by Crippen LogP contribution is 2.39. The van der Waals surface area contributed by atoms with Crippen molar-refractivity contribution in [3.63, 3.8) is 0 Å². The van der Waals surface area contributed by atoms with Crippen LogP contribution < -0.4 is 9.80 Å². The molecule has 0 aliphatic carbocycles. The first-order valence-corrected chi connectivity index (χ1v) is 12.6. The van der Waals surface area contributed by atoms with E-state index in [1.165, 1.54) is 41.4 Å². The van der Waals surface area contributed by atoms with Crippen LogP contribution in [-0.2, 0) is 18.5 Å². The summed E-state index contributed by atoms with van der Waals surface area (Å²) in [6.07, 6.45) is -12.5. The summed E-state index contributed by atoms with van der Waals surface area (Å²) in [7, 11) is 0. The van der Waals surface area contributed by atoms with Gasteiger partial charge in [-0.2, -0.15) is 39.5 Å². The van der Waals surface area contributed by atoms with Gasteiger partial charge in [-0.1, -0.05) is 24.3 Å². The highest BCUT2D eigenvalue weighted by atomic mass is 19.4. The second kappa shape index (κ2) is 10.6. The number of benzene rings is 2. The molecule has 3 heterocycles. The molecule has 2 aromatic carbocycles. The van der Waals surface area contributed by atoms with Crippen LogP contribution in [0.15, 0.2) is 66.9 Å². The lowest BCUT2D eigenvalue weighted by molar-refractivity contribution is -0.138. The van der Waals surface area contributed by atoms with Gasteiger partial charge in [0.15, 0.2) is 0 Å². The average Bonchev–Trinajstić information content (AvgIpc) is 3.37. The number of halogens is 9. The fourth-order valence-corrected chi connectivity index (χ4v) is 4.89. The standard InChI is InChI=1S/C28H22F9N5/c1-16-15-41(24-21(28(35,36)37)3-2-12-38-24)13-14-42(16)25-39-22(17-4-8-19(9-5-17)26(29,30)31)23(40-25)18-6-10-20(11-7-18)27(32,33)34/h2-12,16H,13-15H2,1H3,(H,39,40)/t16-/m1/s1. The predicted octanol–water partition coefficient (Wildman–Crippen LogP) is 7.91. The fraction of sp³-hybridized carbons (Fsp3) is 0.286. The largest absolute Gasteiger partial charge is 0.419 e. The predicted molar refractivity (Wildman–Crippen MR) is 138 cm³/mol. The van der Waals surface area contributed by atoms with Gasteiger partial charge in [-0.05, 0) is 43.3 Å². The molecule has 1 fully saturated rings. The molecular weight excluding hydrogens is 577 g/mol. The highest BCUT2D eigenvalue weighted by molar-refractivity contribution is 5.80. The first-order valence-electron chi connectivity index (χ1n) is 12.6. The third-order valence-corrected chi connectivity index (χ3v) is 6.97. The summed E-state index contributed by atoms with van der Waals surface area (Å²) in [4.78, 5) is 14.9. The number of hydrogen-bond acceptors (Lipinski definition) is 4. The van der Waals surface area contributed by atoms with Gasteiger partial charge in [0.25, 0.3) is 0 Å². The molecule has 0 radical (unpaired) electrons. The minimum atomic E-state index is -4.60. The summed E-state index contributed by atoms with van der Waals surface area (Å²) < 4.78 is 120. The van der Waals surface area contributed by atoms with E-state index in [-0.39, 0.29) is 48.4 Å². The van der Waals surface area contributed by atoms with Crippen LogP contribution in [0.3, 0.4) is 0 Å². The molecule has 14 heteroatoms. The quantitative estimate of drug-likeness (QED) is 0.242. The van der Waals surface area contributed by atoms with E-state index < -0.39 is 41.3 Å². The Morgan fingerprint density at radius 3 is 1.83 bits per heavy atom. The Bertz CT molecular complexity index is 1460. The molecule has 1 saturated heterocycles. The van der Waals surface area contributed by atoms with Crippen LogP contribution in [0.2, 0.25) is 0 Å². The highest BCUT2D eigenvalue weighted by Gasteiger charge is 2.38. The summed E-state index contributed by atoms with van der Waals surface area (Å²) >= 11 is 0. The number of alkyl halides is 9. The number of piperazine rings is 1. The van der Waals surface area contributed by atoms with Crippen LogP contribution in [0.5, 0.6) is 0 Å². The number of pyridine rings is 1. The molecular formula is C28H22F9N5. The maximum Gasteiger partial charge on any atom is 0.419 e.